The fourth-order valence-electron chi connectivity index (χ4n) is 1.67. The van der Waals surface area contributed by atoms with E-state index in [4.69, 9.17) is 5.73 Å². The summed E-state index contributed by atoms with van der Waals surface area (Å²) in [5.74, 6) is -0.816. The van der Waals surface area contributed by atoms with Crippen LogP contribution < -0.4 is 16.4 Å². The van der Waals surface area contributed by atoms with Crippen LogP contribution >= 0.6 is 0 Å². The maximum atomic E-state index is 11.7. The zero-order valence-electron chi connectivity index (χ0n) is 9.72. The number of para-hydroxylation sites is 1. The highest BCUT2D eigenvalue weighted by Gasteiger charge is 2.25. The number of nitrogens with two attached hydrogens (primary N) is 1. The first kappa shape index (κ1) is 12.1. The predicted molar refractivity (Wildman–Crippen MR) is 67.8 cm³/mol. The van der Waals surface area contributed by atoms with Gasteiger partial charge in [0.05, 0.1) is 12.5 Å². The predicted octanol–water partition coefficient (Wildman–Crippen LogP) is 0.0759. The summed E-state index contributed by atoms with van der Waals surface area (Å²) in [6.45, 7) is 0.250. The molecule has 2 rings (SSSR count). The van der Waals surface area contributed by atoms with Gasteiger partial charge in [0.1, 0.15) is 0 Å². The highest BCUT2D eigenvalue weighted by Crippen LogP contribution is 2.11. The Labute approximate surface area is 104 Å². The van der Waals surface area contributed by atoms with Crippen LogP contribution in [0.3, 0.4) is 0 Å². The largest absolute Gasteiger partial charge is 0.370 e. The molecule has 1 aliphatic rings. The van der Waals surface area contributed by atoms with E-state index in [1.807, 2.05) is 18.2 Å². The molecule has 1 aromatic rings. The van der Waals surface area contributed by atoms with Crippen LogP contribution in [-0.2, 0) is 9.59 Å². The molecule has 0 bridgehead atoms. The molecule has 0 saturated heterocycles. The van der Waals surface area contributed by atoms with Gasteiger partial charge in [0, 0.05) is 12.1 Å². The molecule has 0 radical (unpaired) electrons. The molecular formula is C12H14N4O2. The van der Waals surface area contributed by atoms with E-state index in [9.17, 15) is 9.59 Å². The molecule has 1 atom stereocenters. The molecule has 18 heavy (non-hydrogen) atoms. The number of aliphatic imine (C=N–C) groups is 1. The third-order valence-electron chi connectivity index (χ3n) is 2.59. The first-order valence-corrected chi connectivity index (χ1v) is 5.61. The van der Waals surface area contributed by atoms with Crippen LogP contribution in [0.1, 0.15) is 6.42 Å². The number of anilines is 1. The van der Waals surface area contributed by atoms with Crippen LogP contribution in [0.5, 0.6) is 0 Å². The lowest BCUT2D eigenvalue weighted by Gasteiger charge is -2.18. The van der Waals surface area contributed by atoms with Crippen LogP contribution in [-0.4, -0.2) is 24.3 Å². The van der Waals surface area contributed by atoms with Gasteiger partial charge in [0.15, 0.2) is 5.96 Å². The monoisotopic (exact) mass is 246 g/mol. The lowest BCUT2D eigenvalue weighted by atomic mass is 10.0. The molecule has 2 amide bonds. The maximum Gasteiger partial charge on any atom is 0.232 e. The highest BCUT2D eigenvalue weighted by molar-refractivity contribution is 6.01. The summed E-state index contributed by atoms with van der Waals surface area (Å²) in [5.41, 5.74) is 6.07. The van der Waals surface area contributed by atoms with Crippen molar-refractivity contribution in [3.05, 3.63) is 30.3 Å². The summed E-state index contributed by atoms with van der Waals surface area (Å²) in [5, 5.41) is 5.13. The zero-order valence-corrected chi connectivity index (χ0v) is 9.72. The summed E-state index contributed by atoms with van der Waals surface area (Å²) in [7, 11) is 0. The van der Waals surface area contributed by atoms with Gasteiger partial charge in [-0.25, -0.2) is 0 Å². The second-order valence-electron chi connectivity index (χ2n) is 4.03. The number of hydrogen-bond donors (Lipinski definition) is 3. The third kappa shape index (κ3) is 3.07. The van der Waals surface area contributed by atoms with Crippen LogP contribution in [0.4, 0.5) is 5.69 Å². The van der Waals surface area contributed by atoms with Crippen molar-refractivity contribution < 1.29 is 9.59 Å². The minimum absolute atomic E-state index is 0.0947. The van der Waals surface area contributed by atoms with Crippen molar-refractivity contribution in [2.75, 3.05) is 11.9 Å². The second kappa shape index (κ2) is 5.31. The summed E-state index contributed by atoms with van der Waals surface area (Å²) < 4.78 is 0. The van der Waals surface area contributed by atoms with Gasteiger partial charge < -0.3 is 11.1 Å². The molecule has 1 unspecified atom stereocenters. The van der Waals surface area contributed by atoms with Gasteiger partial charge in [-0.1, -0.05) is 18.2 Å². The molecule has 1 aliphatic heterocycles. The van der Waals surface area contributed by atoms with Crippen molar-refractivity contribution in [3.8, 4) is 0 Å². The van der Waals surface area contributed by atoms with Gasteiger partial charge >= 0.3 is 0 Å². The van der Waals surface area contributed by atoms with Gasteiger partial charge in [-0.15, -0.1) is 0 Å². The lowest BCUT2D eigenvalue weighted by Crippen LogP contribution is -2.46. The second-order valence-corrected chi connectivity index (χ2v) is 4.03. The van der Waals surface area contributed by atoms with E-state index in [-0.39, 0.29) is 30.7 Å². The zero-order chi connectivity index (χ0) is 13.0. The van der Waals surface area contributed by atoms with Crippen LogP contribution in [0.25, 0.3) is 0 Å². The Morgan fingerprint density at radius 3 is 2.83 bits per heavy atom. The molecular weight excluding hydrogens is 232 g/mol. The summed E-state index contributed by atoms with van der Waals surface area (Å²) >= 11 is 0. The fourth-order valence-corrected chi connectivity index (χ4v) is 1.67. The molecule has 6 nitrogen and oxygen atoms in total. The van der Waals surface area contributed by atoms with Gasteiger partial charge in [-0.3, -0.25) is 19.9 Å². The average molecular weight is 246 g/mol. The van der Waals surface area contributed by atoms with Crippen LogP contribution in [0.15, 0.2) is 35.3 Å². The van der Waals surface area contributed by atoms with E-state index in [1.54, 1.807) is 12.1 Å². The van der Waals surface area contributed by atoms with E-state index < -0.39 is 5.92 Å². The number of hydrogen-bond acceptors (Lipinski definition) is 4. The van der Waals surface area contributed by atoms with Gasteiger partial charge in [0.2, 0.25) is 11.8 Å². The van der Waals surface area contributed by atoms with Crippen LogP contribution in [0, 0.1) is 5.92 Å². The Hall–Kier alpha value is -2.37. The fraction of sp³-hybridized carbons (Fsp3) is 0.250. The Morgan fingerprint density at radius 1 is 1.44 bits per heavy atom. The van der Waals surface area contributed by atoms with E-state index in [0.717, 1.165) is 0 Å². The first-order chi connectivity index (χ1) is 8.65. The quantitative estimate of drug-likeness (QED) is 0.704. The number of rotatable bonds is 3. The Morgan fingerprint density at radius 2 is 2.17 bits per heavy atom. The standard InChI is InChI=1S/C12H14N4O2/c13-12-14-7-8(11(18)16-12)6-10(17)15-9-4-2-1-3-5-9/h1-5,8H,6-7H2,(H,15,17)(H3,13,14,16,18). The normalized spacial score (nSPS) is 18.8. The van der Waals surface area contributed by atoms with Crippen molar-refractivity contribution in [1.82, 2.24) is 5.32 Å². The van der Waals surface area contributed by atoms with E-state index in [0.29, 0.717) is 5.69 Å². The third-order valence-corrected chi connectivity index (χ3v) is 2.59. The van der Waals surface area contributed by atoms with Gasteiger partial charge in [-0.05, 0) is 12.1 Å². The minimum atomic E-state index is -0.457. The number of carbonyl (C=O) groups excluding carboxylic acids is 2. The molecule has 4 N–H and O–H groups in total. The molecule has 0 aliphatic carbocycles. The van der Waals surface area contributed by atoms with Crippen molar-refractivity contribution in [2.24, 2.45) is 16.6 Å². The summed E-state index contributed by atoms with van der Waals surface area (Å²) in [4.78, 5) is 27.2. The molecule has 94 valence electrons. The molecule has 0 fully saturated rings. The van der Waals surface area contributed by atoms with Crippen LogP contribution in [0.2, 0.25) is 0 Å². The molecule has 0 saturated carbocycles. The Kier molecular flexibility index (Phi) is 3.57. The molecule has 1 aromatic carbocycles. The number of carbonyl (C=O) groups is 2. The first-order valence-electron chi connectivity index (χ1n) is 5.61. The molecule has 0 spiro atoms. The smallest absolute Gasteiger partial charge is 0.232 e. The highest BCUT2D eigenvalue weighted by atomic mass is 16.2. The number of guanidine groups is 1. The maximum absolute atomic E-state index is 11.7. The van der Waals surface area contributed by atoms with Gasteiger partial charge in [0.25, 0.3) is 0 Å². The molecule has 1 heterocycles. The number of nitrogens with one attached hydrogen (secondary N) is 2. The molecule has 6 heteroatoms. The van der Waals surface area contributed by atoms with Crippen molar-refractivity contribution >= 4 is 23.5 Å². The summed E-state index contributed by atoms with van der Waals surface area (Å²) in [6.07, 6.45) is 0.0947. The van der Waals surface area contributed by atoms with Crippen molar-refractivity contribution in [3.63, 3.8) is 0 Å². The SMILES string of the molecule is NC1=NCC(CC(=O)Nc2ccccc2)C(=O)N1. The number of nitrogens with zero attached hydrogens (tertiary/aromatic N) is 1. The van der Waals surface area contributed by atoms with Crippen molar-refractivity contribution in [1.29, 1.82) is 0 Å². The number of benzene rings is 1. The molecule has 0 aromatic heterocycles. The lowest BCUT2D eigenvalue weighted by molar-refractivity contribution is -0.127. The average Bonchev–Trinajstić information content (AvgIpc) is 2.34. The summed E-state index contributed by atoms with van der Waals surface area (Å²) in [6, 6.07) is 9.09. The van der Waals surface area contributed by atoms with Gasteiger partial charge in [-0.2, -0.15) is 0 Å². The Balaban J connectivity index is 1.90. The number of amides is 2. The van der Waals surface area contributed by atoms with E-state index in [2.05, 4.69) is 15.6 Å². The Bertz CT molecular complexity index is 484. The van der Waals surface area contributed by atoms with Crippen molar-refractivity contribution in [2.45, 2.75) is 6.42 Å². The topological polar surface area (TPSA) is 96.6 Å². The van der Waals surface area contributed by atoms with E-state index in [1.165, 1.54) is 0 Å². The minimum Gasteiger partial charge on any atom is -0.370 e. The van der Waals surface area contributed by atoms with E-state index >= 15 is 0 Å².